The van der Waals surface area contributed by atoms with Gasteiger partial charge in [0, 0.05) is 5.69 Å². The molecule has 1 aliphatic rings. The lowest BCUT2D eigenvalue weighted by Crippen LogP contribution is -2.41. The molecule has 0 saturated carbocycles. The fourth-order valence-corrected chi connectivity index (χ4v) is 2.82. The molecular formula is C20H21BF4N2O3. The number of benzene rings is 2. The van der Waals surface area contributed by atoms with Crippen LogP contribution in [-0.2, 0) is 15.5 Å². The zero-order chi connectivity index (χ0) is 22.3. The van der Waals surface area contributed by atoms with E-state index < -0.39 is 41.9 Å². The third-order valence-corrected chi connectivity index (χ3v) is 5.21. The van der Waals surface area contributed by atoms with Gasteiger partial charge in [-0.15, -0.1) is 0 Å². The molecule has 0 radical (unpaired) electrons. The van der Waals surface area contributed by atoms with Crippen LogP contribution in [0.2, 0.25) is 0 Å². The van der Waals surface area contributed by atoms with Crippen LogP contribution in [0.25, 0.3) is 0 Å². The van der Waals surface area contributed by atoms with Crippen molar-refractivity contribution < 1.29 is 31.7 Å². The number of urea groups is 1. The van der Waals surface area contributed by atoms with Crippen molar-refractivity contribution in [2.24, 2.45) is 0 Å². The average molecular weight is 424 g/mol. The van der Waals surface area contributed by atoms with Gasteiger partial charge in [0.05, 0.1) is 22.5 Å². The third kappa shape index (κ3) is 4.60. The molecule has 0 bridgehead atoms. The fraction of sp³-hybridized carbons (Fsp3) is 0.350. The quantitative estimate of drug-likeness (QED) is 0.551. The summed E-state index contributed by atoms with van der Waals surface area (Å²) in [7, 11) is -0.766. The lowest BCUT2D eigenvalue weighted by Gasteiger charge is -2.32. The summed E-state index contributed by atoms with van der Waals surface area (Å²) in [5, 5.41) is 4.53. The third-order valence-electron chi connectivity index (χ3n) is 5.21. The van der Waals surface area contributed by atoms with Crippen molar-refractivity contribution >= 4 is 30.0 Å². The van der Waals surface area contributed by atoms with Crippen LogP contribution in [0.4, 0.5) is 33.7 Å². The highest BCUT2D eigenvalue weighted by Crippen LogP contribution is 2.36. The number of alkyl halides is 3. The summed E-state index contributed by atoms with van der Waals surface area (Å²) < 4.78 is 64.5. The zero-order valence-corrected chi connectivity index (χ0v) is 16.9. The summed E-state index contributed by atoms with van der Waals surface area (Å²) in [5.41, 5.74) is -1.85. The molecule has 0 spiro atoms. The molecule has 30 heavy (non-hydrogen) atoms. The maximum atomic E-state index is 14.5. The highest BCUT2D eigenvalue weighted by Gasteiger charge is 2.51. The smallest absolute Gasteiger partial charge is 0.399 e. The van der Waals surface area contributed by atoms with Gasteiger partial charge in [-0.3, -0.25) is 0 Å². The molecule has 0 unspecified atom stereocenters. The van der Waals surface area contributed by atoms with Gasteiger partial charge in [0.1, 0.15) is 5.82 Å². The van der Waals surface area contributed by atoms with E-state index in [1.54, 1.807) is 6.07 Å². The first-order valence-corrected chi connectivity index (χ1v) is 9.19. The number of halogens is 4. The Hall–Kier alpha value is -2.59. The van der Waals surface area contributed by atoms with Crippen LogP contribution in [0, 0.1) is 5.82 Å². The minimum absolute atomic E-state index is 0.0726. The van der Waals surface area contributed by atoms with E-state index >= 15 is 0 Å². The molecule has 160 valence electrons. The van der Waals surface area contributed by atoms with Crippen LogP contribution in [0.15, 0.2) is 42.5 Å². The molecule has 0 atom stereocenters. The summed E-state index contributed by atoms with van der Waals surface area (Å²) in [5.74, 6) is -0.735. The molecule has 1 fully saturated rings. The van der Waals surface area contributed by atoms with Crippen LogP contribution in [0.1, 0.15) is 33.3 Å². The maximum Gasteiger partial charge on any atom is 0.494 e. The van der Waals surface area contributed by atoms with Gasteiger partial charge in [0.2, 0.25) is 0 Å². The molecule has 1 aliphatic heterocycles. The second-order valence-electron chi connectivity index (χ2n) is 7.99. The minimum atomic E-state index is -4.54. The number of carbonyl (C=O) groups is 1. The van der Waals surface area contributed by atoms with E-state index in [-0.39, 0.29) is 11.4 Å². The molecule has 2 amide bonds. The molecular weight excluding hydrogens is 403 g/mol. The highest BCUT2D eigenvalue weighted by molar-refractivity contribution is 6.62. The molecule has 2 aromatic carbocycles. The first-order valence-electron chi connectivity index (χ1n) is 9.19. The normalized spacial score (nSPS) is 17.7. The van der Waals surface area contributed by atoms with Gasteiger partial charge in [-0.05, 0) is 63.5 Å². The Morgan fingerprint density at radius 2 is 1.60 bits per heavy atom. The van der Waals surface area contributed by atoms with Gasteiger partial charge in [0.25, 0.3) is 0 Å². The first-order chi connectivity index (χ1) is 13.8. The van der Waals surface area contributed by atoms with Crippen molar-refractivity contribution in [1.29, 1.82) is 0 Å². The Bertz CT molecular complexity index is 947. The van der Waals surface area contributed by atoms with E-state index in [4.69, 9.17) is 9.31 Å². The maximum absolute atomic E-state index is 14.5. The highest BCUT2D eigenvalue weighted by atomic mass is 19.4. The first kappa shape index (κ1) is 22.1. The SMILES string of the molecule is CC1(C)OB(c2ccc(NC(=O)Nc3cccc(C(F)(F)F)c3)c(F)c2)OC1(C)C. The predicted molar refractivity (Wildman–Crippen MR) is 106 cm³/mol. The molecule has 0 aliphatic carbocycles. The summed E-state index contributed by atoms with van der Waals surface area (Å²) in [6.07, 6.45) is -4.54. The Morgan fingerprint density at radius 3 is 2.17 bits per heavy atom. The van der Waals surface area contributed by atoms with E-state index in [1.807, 2.05) is 27.7 Å². The van der Waals surface area contributed by atoms with Gasteiger partial charge in [-0.25, -0.2) is 9.18 Å². The monoisotopic (exact) mass is 424 g/mol. The van der Waals surface area contributed by atoms with Gasteiger partial charge >= 0.3 is 19.3 Å². The van der Waals surface area contributed by atoms with Crippen LogP contribution in [-0.4, -0.2) is 24.4 Å². The summed E-state index contributed by atoms with van der Waals surface area (Å²) in [4.78, 5) is 12.1. The second-order valence-corrected chi connectivity index (χ2v) is 7.99. The predicted octanol–water partition coefficient (Wildman–Crippen LogP) is 4.79. The standard InChI is InChI=1S/C20H21BF4N2O3/c1-18(2)19(3,4)30-21(29-18)13-8-9-16(15(22)11-13)27-17(28)26-14-7-5-6-12(10-14)20(23,24)25/h5-11H,1-4H3,(H2,26,27,28). The van der Waals surface area contributed by atoms with E-state index in [9.17, 15) is 22.4 Å². The van der Waals surface area contributed by atoms with E-state index in [2.05, 4.69) is 10.6 Å². The molecule has 2 N–H and O–H groups in total. The molecule has 1 saturated heterocycles. The summed E-state index contributed by atoms with van der Waals surface area (Å²) in [6, 6.07) is 7.32. The molecule has 2 aromatic rings. The summed E-state index contributed by atoms with van der Waals surface area (Å²) >= 11 is 0. The van der Waals surface area contributed by atoms with Crippen molar-refractivity contribution in [3.05, 3.63) is 53.8 Å². The van der Waals surface area contributed by atoms with E-state index in [0.717, 1.165) is 12.1 Å². The Labute approximate surface area is 171 Å². The van der Waals surface area contributed by atoms with Gasteiger partial charge in [-0.1, -0.05) is 12.1 Å². The van der Waals surface area contributed by atoms with Crippen molar-refractivity contribution in [3.63, 3.8) is 0 Å². The minimum Gasteiger partial charge on any atom is -0.399 e. The fourth-order valence-electron chi connectivity index (χ4n) is 2.82. The number of amides is 2. The van der Waals surface area contributed by atoms with Crippen LogP contribution < -0.4 is 16.1 Å². The number of nitrogens with one attached hydrogen (secondary N) is 2. The van der Waals surface area contributed by atoms with Crippen LogP contribution >= 0.6 is 0 Å². The molecule has 1 heterocycles. The van der Waals surface area contributed by atoms with Crippen molar-refractivity contribution in [3.8, 4) is 0 Å². The number of carbonyl (C=O) groups excluding carboxylic acids is 1. The molecule has 5 nitrogen and oxygen atoms in total. The molecule has 0 aromatic heterocycles. The number of hydrogen-bond acceptors (Lipinski definition) is 3. The van der Waals surface area contributed by atoms with Gasteiger partial charge in [-0.2, -0.15) is 13.2 Å². The largest absolute Gasteiger partial charge is 0.494 e. The number of anilines is 2. The zero-order valence-electron chi connectivity index (χ0n) is 16.9. The van der Waals surface area contributed by atoms with E-state index in [1.165, 1.54) is 24.3 Å². The van der Waals surface area contributed by atoms with Gasteiger partial charge in [0.15, 0.2) is 0 Å². The molecule has 3 rings (SSSR count). The lowest BCUT2D eigenvalue weighted by atomic mass is 9.79. The number of hydrogen-bond donors (Lipinski definition) is 2. The van der Waals surface area contributed by atoms with Crippen LogP contribution in [0.5, 0.6) is 0 Å². The topological polar surface area (TPSA) is 59.6 Å². The van der Waals surface area contributed by atoms with E-state index in [0.29, 0.717) is 5.46 Å². The van der Waals surface area contributed by atoms with Crippen molar-refractivity contribution in [2.75, 3.05) is 10.6 Å². The van der Waals surface area contributed by atoms with Crippen molar-refractivity contribution in [2.45, 2.75) is 45.1 Å². The Morgan fingerprint density at radius 1 is 0.967 bits per heavy atom. The van der Waals surface area contributed by atoms with Gasteiger partial charge < -0.3 is 19.9 Å². The lowest BCUT2D eigenvalue weighted by molar-refractivity contribution is -0.137. The molecule has 10 heteroatoms. The van der Waals surface area contributed by atoms with Crippen LogP contribution in [0.3, 0.4) is 0 Å². The Kier molecular flexibility index (Phi) is 5.59. The number of rotatable bonds is 3. The average Bonchev–Trinajstić information content (AvgIpc) is 2.84. The Balaban J connectivity index is 1.69. The summed E-state index contributed by atoms with van der Waals surface area (Å²) in [6.45, 7) is 7.49. The second kappa shape index (κ2) is 7.59. The van der Waals surface area contributed by atoms with Crippen molar-refractivity contribution in [1.82, 2.24) is 0 Å².